The maximum Gasteiger partial charge on any atom is 0.00180 e. The first-order valence-corrected chi connectivity index (χ1v) is 3.98. The van der Waals surface area contributed by atoms with Gasteiger partial charge in [0.1, 0.15) is 0 Å². The van der Waals surface area contributed by atoms with Crippen molar-refractivity contribution in [3.8, 4) is 0 Å². The van der Waals surface area contributed by atoms with Gasteiger partial charge in [0.15, 0.2) is 0 Å². The lowest BCUT2D eigenvalue weighted by atomic mass is 9.81. The molecule has 0 unspecified atom stereocenters. The van der Waals surface area contributed by atoms with Gasteiger partial charge in [-0.2, -0.15) is 0 Å². The zero-order valence-corrected chi connectivity index (χ0v) is 9.73. The van der Waals surface area contributed by atoms with E-state index in [1.165, 1.54) is 26.1 Å². The van der Waals surface area contributed by atoms with Crippen LogP contribution >= 0.6 is 24.8 Å². The predicted octanol–water partition coefficient (Wildman–Crippen LogP) is 1.39. The number of halogens is 2. The average Bonchev–Trinajstić information content (AvgIpc) is 1.79. The normalized spacial score (nSPS) is 19.0. The predicted molar refractivity (Wildman–Crippen MR) is 58.6 cm³/mol. The van der Waals surface area contributed by atoms with E-state index in [9.17, 15) is 0 Å². The second-order valence-electron chi connectivity index (χ2n) is 3.97. The van der Waals surface area contributed by atoms with Crippen molar-refractivity contribution in [3.63, 3.8) is 0 Å². The van der Waals surface area contributed by atoms with Crippen molar-refractivity contribution in [1.82, 2.24) is 10.2 Å². The maximum absolute atomic E-state index is 3.31. The van der Waals surface area contributed by atoms with Crippen molar-refractivity contribution in [3.05, 3.63) is 0 Å². The minimum atomic E-state index is 0. The van der Waals surface area contributed by atoms with Gasteiger partial charge >= 0.3 is 0 Å². The third kappa shape index (κ3) is 4.51. The van der Waals surface area contributed by atoms with Crippen LogP contribution in [0.5, 0.6) is 0 Å². The molecule has 0 aromatic rings. The summed E-state index contributed by atoms with van der Waals surface area (Å²) in [5.41, 5.74) is 0.601. The summed E-state index contributed by atoms with van der Waals surface area (Å²) >= 11 is 0. The van der Waals surface area contributed by atoms with Gasteiger partial charge in [0, 0.05) is 13.1 Å². The van der Waals surface area contributed by atoms with Crippen LogP contribution in [0.4, 0.5) is 0 Å². The quantitative estimate of drug-likeness (QED) is 0.765. The zero-order valence-electron chi connectivity index (χ0n) is 8.09. The van der Waals surface area contributed by atoms with E-state index in [2.05, 4.69) is 31.2 Å². The zero-order chi connectivity index (χ0) is 7.61. The molecule has 0 saturated carbocycles. The van der Waals surface area contributed by atoms with Gasteiger partial charge in [0.25, 0.3) is 0 Å². The Bertz CT molecular complexity index is 114. The van der Waals surface area contributed by atoms with Gasteiger partial charge in [-0.25, -0.2) is 0 Å². The lowest BCUT2D eigenvalue weighted by Gasteiger charge is -2.40. The van der Waals surface area contributed by atoms with E-state index < -0.39 is 0 Å². The standard InChI is InChI=1S/C8H18N2.2ClH/c1-8(6-9-7-8)4-5-10(2)3;;/h9H,4-7H2,1-3H3;2*1H. The van der Waals surface area contributed by atoms with Crippen LogP contribution in [-0.2, 0) is 0 Å². The molecule has 0 amide bonds. The molecule has 0 radical (unpaired) electrons. The molecule has 0 bridgehead atoms. The van der Waals surface area contributed by atoms with Crippen molar-refractivity contribution in [2.24, 2.45) is 5.41 Å². The third-order valence-electron chi connectivity index (χ3n) is 2.27. The van der Waals surface area contributed by atoms with Crippen LogP contribution < -0.4 is 5.32 Å². The molecule has 2 nitrogen and oxygen atoms in total. The Morgan fingerprint density at radius 2 is 1.75 bits per heavy atom. The molecule has 0 aromatic carbocycles. The molecule has 0 atom stereocenters. The summed E-state index contributed by atoms with van der Waals surface area (Å²) in [5, 5.41) is 3.31. The molecule has 1 N–H and O–H groups in total. The molecule has 76 valence electrons. The van der Waals surface area contributed by atoms with E-state index in [0.717, 1.165) is 0 Å². The Morgan fingerprint density at radius 1 is 1.25 bits per heavy atom. The van der Waals surface area contributed by atoms with E-state index in [1.807, 2.05) is 0 Å². The fourth-order valence-corrected chi connectivity index (χ4v) is 1.22. The SMILES string of the molecule is CN(C)CCC1(C)CNC1.Cl.Cl. The van der Waals surface area contributed by atoms with E-state index in [4.69, 9.17) is 0 Å². The fourth-order valence-electron chi connectivity index (χ4n) is 1.22. The molecule has 0 aliphatic carbocycles. The van der Waals surface area contributed by atoms with Crippen LogP contribution in [0, 0.1) is 5.41 Å². The Hall–Kier alpha value is 0.500. The van der Waals surface area contributed by atoms with E-state index in [0.29, 0.717) is 5.41 Å². The highest BCUT2D eigenvalue weighted by Gasteiger charge is 2.30. The van der Waals surface area contributed by atoms with E-state index >= 15 is 0 Å². The van der Waals surface area contributed by atoms with Gasteiger partial charge in [0.05, 0.1) is 0 Å². The fraction of sp³-hybridized carbons (Fsp3) is 1.00. The molecule has 12 heavy (non-hydrogen) atoms. The first kappa shape index (κ1) is 15.0. The first-order chi connectivity index (χ1) is 4.62. The molecule has 1 heterocycles. The summed E-state index contributed by atoms with van der Waals surface area (Å²) in [6, 6.07) is 0. The van der Waals surface area contributed by atoms with Crippen molar-refractivity contribution in [1.29, 1.82) is 0 Å². The Balaban J connectivity index is 0. The van der Waals surface area contributed by atoms with Crippen LogP contribution in [0.15, 0.2) is 0 Å². The minimum absolute atomic E-state index is 0. The molecular weight excluding hydrogens is 195 g/mol. The van der Waals surface area contributed by atoms with Gasteiger partial charge in [-0.3, -0.25) is 0 Å². The molecular formula is C8H20Cl2N2. The monoisotopic (exact) mass is 214 g/mol. The Kier molecular flexibility index (Phi) is 7.54. The summed E-state index contributed by atoms with van der Waals surface area (Å²) in [6.07, 6.45) is 1.33. The second kappa shape index (κ2) is 6.03. The van der Waals surface area contributed by atoms with Crippen molar-refractivity contribution >= 4 is 24.8 Å². The number of rotatable bonds is 3. The summed E-state index contributed by atoms with van der Waals surface area (Å²) in [4.78, 5) is 2.25. The molecule has 0 spiro atoms. The smallest absolute Gasteiger partial charge is 0.00180 e. The van der Waals surface area contributed by atoms with Crippen LogP contribution in [0.3, 0.4) is 0 Å². The van der Waals surface area contributed by atoms with Crippen LogP contribution in [0.1, 0.15) is 13.3 Å². The molecule has 1 aliphatic heterocycles. The highest BCUT2D eigenvalue weighted by atomic mass is 35.5. The molecule has 1 aliphatic rings. The first-order valence-electron chi connectivity index (χ1n) is 3.98. The third-order valence-corrected chi connectivity index (χ3v) is 2.27. The van der Waals surface area contributed by atoms with Gasteiger partial charge in [-0.05, 0) is 32.5 Å². The Labute approximate surface area is 87.9 Å². The van der Waals surface area contributed by atoms with Crippen LogP contribution in [0.2, 0.25) is 0 Å². The van der Waals surface area contributed by atoms with Crippen LogP contribution in [0.25, 0.3) is 0 Å². The van der Waals surface area contributed by atoms with Crippen LogP contribution in [-0.4, -0.2) is 38.6 Å². The molecule has 1 rings (SSSR count). The van der Waals surface area contributed by atoms with Crippen molar-refractivity contribution in [2.75, 3.05) is 33.7 Å². The average molecular weight is 215 g/mol. The summed E-state index contributed by atoms with van der Waals surface area (Å²) in [7, 11) is 4.27. The van der Waals surface area contributed by atoms with Gasteiger partial charge in [-0.15, -0.1) is 24.8 Å². The maximum atomic E-state index is 3.31. The van der Waals surface area contributed by atoms with Gasteiger partial charge in [0.2, 0.25) is 0 Å². The van der Waals surface area contributed by atoms with E-state index in [1.54, 1.807) is 0 Å². The number of hydrogen-bond donors (Lipinski definition) is 1. The van der Waals surface area contributed by atoms with Gasteiger partial charge in [-0.1, -0.05) is 6.92 Å². The highest BCUT2D eigenvalue weighted by molar-refractivity contribution is 5.85. The molecule has 0 aromatic heterocycles. The van der Waals surface area contributed by atoms with Gasteiger partial charge < -0.3 is 10.2 Å². The lowest BCUT2D eigenvalue weighted by molar-refractivity contribution is 0.161. The highest BCUT2D eigenvalue weighted by Crippen LogP contribution is 2.25. The van der Waals surface area contributed by atoms with E-state index in [-0.39, 0.29) is 24.8 Å². The summed E-state index contributed by atoms with van der Waals surface area (Å²) in [6.45, 7) is 5.99. The number of nitrogens with zero attached hydrogens (tertiary/aromatic N) is 1. The second-order valence-corrected chi connectivity index (χ2v) is 3.97. The lowest BCUT2D eigenvalue weighted by Crippen LogP contribution is -2.52. The van der Waals surface area contributed by atoms with Crippen molar-refractivity contribution in [2.45, 2.75) is 13.3 Å². The summed E-state index contributed by atoms with van der Waals surface area (Å²) in [5.74, 6) is 0. The minimum Gasteiger partial charge on any atom is -0.316 e. The van der Waals surface area contributed by atoms with Crippen molar-refractivity contribution < 1.29 is 0 Å². The molecule has 1 fully saturated rings. The molecule has 1 saturated heterocycles. The molecule has 4 heteroatoms. The summed E-state index contributed by atoms with van der Waals surface area (Å²) < 4.78 is 0. The number of nitrogens with one attached hydrogen (secondary N) is 1. The topological polar surface area (TPSA) is 15.3 Å². The largest absolute Gasteiger partial charge is 0.316 e. The Morgan fingerprint density at radius 3 is 2.00 bits per heavy atom. The number of hydrogen-bond acceptors (Lipinski definition) is 2.